The normalized spacial score (nSPS) is 14.2. The minimum absolute atomic E-state index is 0.239. The van der Waals surface area contributed by atoms with Crippen LogP contribution in [0, 0.1) is 5.41 Å². The van der Waals surface area contributed by atoms with Gasteiger partial charge in [-0.25, -0.2) is 0 Å². The van der Waals surface area contributed by atoms with Gasteiger partial charge in [0.1, 0.15) is 0 Å². The van der Waals surface area contributed by atoms with E-state index >= 15 is 0 Å². The standard InChI is InChI=1S/C13H19NO2/c1-13(2,5-6-14)8-10-3-4-11-12(7-10)16-9-15-11/h3-4,7H,5-6,8-9,14H2,1-2H3. The number of hydrogen-bond acceptors (Lipinski definition) is 3. The molecule has 1 aromatic rings. The molecular formula is C13H19NO2. The third-order valence-electron chi connectivity index (χ3n) is 2.94. The predicted molar refractivity (Wildman–Crippen MR) is 63.7 cm³/mol. The van der Waals surface area contributed by atoms with Crippen molar-refractivity contribution in [3.8, 4) is 11.5 Å². The van der Waals surface area contributed by atoms with Crippen molar-refractivity contribution in [3.05, 3.63) is 23.8 Å². The Morgan fingerprint density at radius 1 is 1.25 bits per heavy atom. The average Bonchev–Trinajstić information content (AvgIpc) is 2.63. The van der Waals surface area contributed by atoms with Gasteiger partial charge in [-0.2, -0.15) is 0 Å². The van der Waals surface area contributed by atoms with Crippen molar-refractivity contribution < 1.29 is 9.47 Å². The van der Waals surface area contributed by atoms with Gasteiger partial charge >= 0.3 is 0 Å². The molecule has 2 N–H and O–H groups in total. The lowest BCUT2D eigenvalue weighted by molar-refractivity contribution is 0.174. The first-order chi connectivity index (χ1) is 7.61. The molecule has 1 aromatic carbocycles. The molecule has 0 saturated carbocycles. The summed E-state index contributed by atoms with van der Waals surface area (Å²) >= 11 is 0. The molecule has 1 aliphatic rings. The Morgan fingerprint density at radius 2 is 2.00 bits per heavy atom. The number of fused-ring (bicyclic) bond motifs is 1. The lowest BCUT2D eigenvalue weighted by atomic mass is 9.83. The van der Waals surface area contributed by atoms with E-state index in [4.69, 9.17) is 15.2 Å². The van der Waals surface area contributed by atoms with Gasteiger partial charge in [0.05, 0.1) is 0 Å². The van der Waals surface area contributed by atoms with Crippen LogP contribution >= 0.6 is 0 Å². The topological polar surface area (TPSA) is 44.5 Å². The van der Waals surface area contributed by atoms with Crippen LogP contribution in [0.15, 0.2) is 18.2 Å². The monoisotopic (exact) mass is 221 g/mol. The van der Waals surface area contributed by atoms with Crippen LogP contribution in [-0.2, 0) is 6.42 Å². The third kappa shape index (κ3) is 2.47. The second kappa shape index (κ2) is 4.34. The van der Waals surface area contributed by atoms with Gasteiger partial charge in [0.2, 0.25) is 6.79 Å². The fraction of sp³-hybridized carbons (Fsp3) is 0.538. The quantitative estimate of drug-likeness (QED) is 0.848. The summed E-state index contributed by atoms with van der Waals surface area (Å²) < 4.78 is 10.7. The van der Waals surface area contributed by atoms with Gasteiger partial charge in [0, 0.05) is 0 Å². The van der Waals surface area contributed by atoms with Crippen LogP contribution in [-0.4, -0.2) is 13.3 Å². The van der Waals surface area contributed by atoms with Crippen molar-refractivity contribution in [3.63, 3.8) is 0 Å². The van der Waals surface area contributed by atoms with E-state index in [1.807, 2.05) is 6.07 Å². The van der Waals surface area contributed by atoms with E-state index in [1.54, 1.807) is 0 Å². The molecule has 2 rings (SSSR count). The van der Waals surface area contributed by atoms with E-state index in [2.05, 4.69) is 26.0 Å². The minimum atomic E-state index is 0.239. The number of ether oxygens (including phenoxy) is 2. The summed E-state index contributed by atoms with van der Waals surface area (Å²) in [5, 5.41) is 0. The van der Waals surface area contributed by atoms with Gasteiger partial charge < -0.3 is 15.2 Å². The van der Waals surface area contributed by atoms with Gasteiger partial charge in [-0.1, -0.05) is 19.9 Å². The summed E-state index contributed by atoms with van der Waals surface area (Å²) in [6.45, 7) is 5.55. The third-order valence-corrected chi connectivity index (χ3v) is 2.94. The lowest BCUT2D eigenvalue weighted by Gasteiger charge is -2.23. The highest BCUT2D eigenvalue weighted by atomic mass is 16.7. The molecule has 0 unspecified atom stereocenters. The smallest absolute Gasteiger partial charge is 0.231 e. The van der Waals surface area contributed by atoms with E-state index in [9.17, 15) is 0 Å². The van der Waals surface area contributed by atoms with Crippen molar-refractivity contribution in [1.82, 2.24) is 0 Å². The van der Waals surface area contributed by atoms with Gasteiger partial charge in [0.15, 0.2) is 11.5 Å². The molecule has 0 bridgehead atoms. The molecule has 0 fully saturated rings. The van der Waals surface area contributed by atoms with Gasteiger partial charge in [-0.05, 0) is 42.5 Å². The zero-order valence-corrected chi connectivity index (χ0v) is 9.95. The highest BCUT2D eigenvalue weighted by Gasteiger charge is 2.19. The maximum atomic E-state index is 5.61. The molecule has 0 spiro atoms. The Hall–Kier alpha value is -1.22. The Balaban J connectivity index is 2.10. The Morgan fingerprint density at radius 3 is 2.75 bits per heavy atom. The van der Waals surface area contributed by atoms with E-state index in [-0.39, 0.29) is 5.41 Å². The maximum Gasteiger partial charge on any atom is 0.231 e. The molecule has 3 nitrogen and oxygen atoms in total. The Kier molecular flexibility index (Phi) is 3.06. The predicted octanol–water partition coefficient (Wildman–Crippen LogP) is 2.33. The van der Waals surface area contributed by atoms with Crippen molar-refractivity contribution in [2.45, 2.75) is 26.7 Å². The highest BCUT2D eigenvalue weighted by Crippen LogP contribution is 2.35. The molecule has 0 amide bonds. The zero-order valence-electron chi connectivity index (χ0n) is 9.95. The summed E-state index contributed by atoms with van der Waals surface area (Å²) in [5.41, 5.74) is 7.13. The molecule has 1 aliphatic heterocycles. The molecule has 0 aliphatic carbocycles. The second-order valence-corrected chi connectivity index (χ2v) is 5.07. The van der Waals surface area contributed by atoms with Crippen LogP contribution in [0.5, 0.6) is 11.5 Å². The summed E-state index contributed by atoms with van der Waals surface area (Å²) in [6.07, 6.45) is 2.04. The second-order valence-electron chi connectivity index (χ2n) is 5.07. The maximum absolute atomic E-state index is 5.61. The molecular weight excluding hydrogens is 202 g/mol. The first-order valence-corrected chi connectivity index (χ1v) is 5.69. The number of nitrogens with two attached hydrogens (primary N) is 1. The van der Waals surface area contributed by atoms with E-state index < -0.39 is 0 Å². The van der Waals surface area contributed by atoms with Crippen LogP contribution in [0.2, 0.25) is 0 Å². The number of rotatable bonds is 4. The van der Waals surface area contributed by atoms with E-state index in [0.29, 0.717) is 6.79 Å². The summed E-state index contributed by atoms with van der Waals surface area (Å²) in [7, 11) is 0. The first kappa shape index (κ1) is 11.3. The van der Waals surface area contributed by atoms with Crippen molar-refractivity contribution in [1.29, 1.82) is 0 Å². The Labute approximate surface area is 96.5 Å². The van der Waals surface area contributed by atoms with Crippen LogP contribution in [0.4, 0.5) is 0 Å². The molecule has 0 radical (unpaired) electrons. The molecule has 0 saturated heterocycles. The SMILES string of the molecule is CC(C)(CCN)Cc1ccc2c(c1)OCO2. The zero-order chi connectivity index (χ0) is 11.6. The fourth-order valence-corrected chi connectivity index (χ4v) is 2.08. The van der Waals surface area contributed by atoms with Crippen molar-refractivity contribution in [2.75, 3.05) is 13.3 Å². The Bertz CT molecular complexity index is 374. The van der Waals surface area contributed by atoms with Crippen LogP contribution in [0.25, 0.3) is 0 Å². The van der Waals surface area contributed by atoms with Gasteiger partial charge in [0.25, 0.3) is 0 Å². The molecule has 16 heavy (non-hydrogen) atoms. The molecule has 88 valence electrons. The fourth-order valence-electron chi connectivity index (χ4n) is 2.08. The minimum Gasteiger partial charge on any atom is -0.454 e. The number of hydrogen-bond donors (Lipinski definition) is 1. The molecule has 1 heterocycles. The molecule has 3 heteroatoms. The number of benzene rings is 1. The first-order valence-electron chi connectivity index (χ1n) is 5.69. The largest absolute Gasteiger partial charge is 0.454 e. The van der Waals surface area contributed by atoms with E-state index in [0.717, 1.165) is 30.9 Å². The summed E-state index contributed by atoms with van der Waals surface area (Å²) in [4.78, 5) is 0. The highest BCUT2D eigenvalue weighted by molar-refractivity contribution is 5.44. The van der Waals surface area contributed by atoms with Crippen LogP contribution in [0.1, 0.15) is 25.8 Å². The summed E-state index contributed by atoms with van der Waals surface area (Å²) in [6, 6.07) is 6.16. The average molecular weight is 221 g/mol. The van der Waals surface area contributed by atoms with Crippen molar-refractivity contribution in [2.24, 2.45) is 11.1 Å². The van der Waals surface area contributed by atoms with E-state index in [1.165, 1.54) is 5.56 Å². The molecule has 0 atom stereocenters. The van der Waals surface area contributed by atoms with Crippen molar-refractivity contribution >= 4 is 0 Å². The van der Waals surface area contributed by atoms with Crippen LogP contribution in [0.3, 0.4) is 0 Å². The van der Waals surface area contributed by atoms with Gasteiger partial charge in [-0.3, -0.25) is 0 Å². The van der Waals surface area contributed by atoms with Gasteiger partial charge in [-0.15, -0.1) is 0 Å². The van der Waals surface area contributed by atoms with Crippen LogP contribution < -0.4 is 15.2 Å². The molecule has 0 aromatic heterocycles. The summed E-state index contributed by atoms with van der Waals surface area (Å²) in [5.74, 6) is 1.71. The lowest BCUT2D eigenvalue weighted by Crippen LogP contribution is -2.19.